The quantitative estimate of drug-likeness (QED) is 0.814. The van der Waals surface area contributed by atoms with E-state index in [1.807, 2.05) is 0 Å². The highest BCUT2D eigenvalue weighted by Crippen LogP contribution is 2.24. The Labute approximate surface area is 124 Å². The number of rotatable bonds is 7. The molecule has 0 bridgehead atoms. The minimum atomic E-state index is 0.456. The SMILES string of the molecule is CCCc1ccc(C(CN2CCCC2CC)NC)cc1. The zero-order chi connectivity index (χ0) is 14.4. The number of hydrogen-bond donors (Lipinski definition) is 1. The maximum absolute atomic E-state index is 3.50. The van der Waals surface area contributed by atoms with E-state index in [1.54, 1.807) is 0 Å². The van der Waals surface area contributed by atoms with E-state index in [1.165, 1.54) is 49.8 Å². The molecule has 20 heavy (non-hydrogen) atoms. The molecule has 1 saturated heterocycles. The van der Waals surface area contributed by atoms with Gasteiger partial charge >= 0.3 is 0 Å². The van der Waals surface area contributed by atoms with Crippen LogP contribution in [0, 0.1) is 0 Å². The second-order valence-electron chi connectivity index (χ2n) is 6.03. The van der Waals surface area contributed by atoms with Gasteiger partial charge in [-0.3, -0.25) is 4.90 Å². The summed E-state index contributed by atoms with van der Waals surface area (Å²) in [5, 5.41) is 3.50. The summed E-state index contributed by atoms with van der Waals surface area (Å²) in [6.07, 6.45) is 6.44. The minimum Gasteiger partial charge on any atom is -0.312 e. The average Bonchev–Trinajstić information content (AvgIpc) is 2.93. The van der Waals surface area contributed by atoms with Crippen molar-refractivity contribution in [3.05, 3.63) is 35.4 Å². The lowest BCUT2D eigenvalue weighted by atomic mass is 10.0. The van der Waals surface area contributed by atoms with E-state index < -0.39 is 0 Å². The summed E-state index contributed by atoms with van der Waals surface area (Å²) >= 11 is 0. The maximum Gasteiger partial charge on any atom is 0.0446 e. The van der Waals surface area contributed by atoms with Gasteiger partial charge in [-0.15, -0.1) is 0 Å². The van der Waals surface area contributed by atoms with Crippen LogP contribution >= 0.6 is 0 Å². The van der Waals surface area contributed by atoms with E-state index in [4.69, 9.17) is 0 Å². The van der Waals surface area contributed by atoms with Crippen LogP contribution in [0.1, 0.15) is 56.7 Å². The Morgan fingerprint density at radius 2 is 2.00 bits per heavy atom. The lowest BCUT2D eigenvalue weighted by Crippen LogP contribution is -2.36. The van der Waals surface area contributed by atoms with Crippen LogP contribution in [0.25, 0.3) is 0 Å². The molecule has 1 N–H and O–H groups in total. The van der Waals surface area contributed by atoms with Crippen LogP contribution in [-0.4, -0.2) is 31.1 Å². The van der Waals surface area contributed by atoms with Crippen molar-refractivity contribution in [3.63, 3.8) is 0 Å². The van der Waals surface area contributed by atoms with Crippen LogP contribution in [0.15, 0.2) is 24.3 Å². The van der Waals surface area contributed by atoms with Crippen molar-refractivity contribution >= 4 is 0 Å². The molecule has 1 aromatic carbocycles. The molecule has 1 aromatic rings. The molecule has 2 nitrogen and oxygen atoms in total. The highest BCUT2D eigenvalue weighted by atomic mass is 15.2. The summed E-state index contributed by atoms with van der Waals surface area (Å²) in [5.41, 5.74) is 2.88. The number of likely N-dealkylation sites (N-methyl/N-ethyl adjacent to an activating group) is 1. The molecular formula is C18H30N2. The molecule has 1 heterocycles. The van der Waals surface area contributed by atoms with E-state index in [0.717, 1.165) is 12.6 Å². The molecule has 2 rings (SSSR count). The van der Waals surface area contributed by atoms with Gasteiger partial charge in [0.1, 0.15) is 0 Å². The smallest absolute Gasteiger partial charge is 0.0446 e. The molecule has 0 radical (unpaired) electrons. The third kappa shape index (κ3) is 3.83. The predicted octanol–water partition coefficient (Wildman–Crippen LogP) is 3.77. The van der Waals surface area contributed by atoms with Crippen molar-refractivity contribution in [2.24, 2.45) is 0 Å². The third-order valence-corrected chi connectivity index (χ3v) is 4.66. The fourth-order valence-corrected chi connectivity index (χ4v) is 3.40. The Morgan fingerprint density at radius 1 is 1.25 bits per heavy atom. The van der Waals surface area contributed by atoms with E-state index in [0.29, 0.717) is 6.04 Å². The molecule has 2 atom stereocenters. The van der Waals surface area contributed by atoms with Crippen molar-refractivity contribution in [1.82, 2.24) is 10.2 Å². The molecule has 0 amide bonds. The van der Waals surface area contributed by atoms with Gasteiger partial charge in [0.2, 0.25) is 0 Å². The number of nitrogens with zero attached hydrogens (tertiary/aromatic N) is 1. The number of benzene rings is 1. The molecule has 2 heteroatoms. The van der Waals surface area contributed by atoms with Gasteiger partial charge < -0.3 is 5.32 Å². The van der Waals surface area contributed by atoms with Crippen LogP contribution < -0.4 is 5.32 Å². The molecule has 0 saturated carbocycles. The summed E-state index contributed by atoms with van der Waals surface area (Å²) in [6.45, 7) is 6.96. The van der Waals surface area contributed by atoms with E-state index >= 15 is 0 Å². The van der Waals surface area contributed by atoms with Crippen molar-refractivity contribution in [1.29, 1.82) is 0 Å². The van der Waals surface area contributed by atoms with Crippen LogP contribution in [0.5, 0.6) is 0 Å². The summed E-state index contributed by atoms with van der Waals surface area (Å²) in [7, 11) is 2.08. The van der Waals surface area contributed by atoms with Gasteiger partial charge in [-0.2, -0.15) is 0 Å². The van der Waals surface area contributed by atoms with Crippen molar-refractivity contribution < 1.29 is 0 Å². The Balaban J connectivity index is 2.00. The van der Waals surface area contributed by atoms with E-state index in [-0.39, 0.29) is 0 Å². The first-order chi connectivity index (χ1) is 9.78. The predicted molar refractivity (Wildman–Crippen MR) is 87.1 cm³/mol. The fraction of sp³-hybridized carbons (Fsp3) is 0.667. The standard InChI is InChI=1S/C18H30N2/c1-4-7-15-9-11-16(12-10-15)18(19-3)14-20-13-6-8-17(20)5-2/h9-12,17-19H,4-8,13-14H2,1-3H3. The van der Waals surface area contributed by atoms with Crippen molar-refractivity contribution in [3.8, 4) is 0 Å². The molecule has 0 spiro atoms. The molecule has 0 aliphatic carbocycles. The lowest BCUT2D eigenvalue weighted by molar-refractivity contribution is 0.224. The fourth-order valence-electron chi connectivity index (χ4n) is 3.40. The largest absolute Gasteiger partial charge is 0.312 e. The molecule has 2 unspecified atom stereocenters. The van der Waals surface area contributed by atoms with Gasteiger partial charge in [-0.1, -0.05) is 44.5 Å². The second-order valence-corrected chi connectivity index (χ2v) is 6.03. The molecule has 1 aliphatic rings. The van der Waals surface area contributed by atoms with Gasteiger partial charge in [0, 0.05) is 18.6 Å². The Morgan fingerprint density at radius 3 is 2.60 bits per heavy atom. The van der Waals surface area contributed by atoms with Gasteiger partial charge in [0.05, 0.1) is 0 Å². The Hall–Kier alpha value is -0.860. The van der Waals surface area contributed by atoms with E-state index in [9.17, 15) is 0 Å². The molecule has 1 fully saturated rings. The average molecular weight is 274 g/mol. The summed E-state index contributed by atoms with van der Waals surface area (Å²) in [4.78, 5) is 2.67. The Kier molecular flexibility index (Phi) is 6.06. The van der Waals surface area contributed by atoms with Gasteiger partial charge in [-0.25, -0.2) is 0 Å². The van der Waals surface area contributed by atoms with Crippen molar-refractivity contribution in [2.45, 2.75) is 58.0 Å². The van der Waals surface area contributed by atoms with Crippen molar-refractivity contribution in [2.75, 3.05) is 20.1 Å². The molecule has 0 aromatic heterocycles. The normalized spacial score (nSPS) is 21.2. The van der Waals surface area contributed by atoms with Crippen LogP contribution in [0.3, 0.4) is 0 Å². The molecule has 1 aliphatic heterocycles. The zero-order valence-electron chi connectivity index (χ0n) is 13.4. The number of nitrogens with one attached hydrogen (secondary N) is 1. The van der Waals surface area contributed by atoms with E-state index in [2.05, 4.69) is 55.4 Å². The third-order valence-electron chi connectivity index (χ3n) is 4.66. The van der Waals surface area contributed by atoms with Gasteiger partial charge in [0.25, 0.3) is 0 Å². The molecular weight excluding hydrogens is 244 g/mol. The van der Waals surface area contributed by atoms with Crippen LogP contribution in [-0.2, 0) is 6.42 Å². The zero-order valence-corrected chi connectivity index (χ0v) is 13.4. The van der Waals surface area contributed by atoms with Gasteiger partial charge in [0.15, 0.2) is 0 Å². The number of hydrogen-bond acceptors (Lipinski definition) is 2. The minimum absolute atomic E-state index is 0.456. The van der Waals surface area contributed by atoms with Crippen LogP contribution in [0.2, 0.25) is 0 Å². The summed E-state index contributed by atoms with van der Waals surface area (Å²) in [5.74, 6) is 0. The summed E-state index contributed by atoms with van der Waals surface area (Å²) < 4.78 is 0. The Bertz CT molecular complexity index is 385. The van der Waals surface area contributed by atoms with Crippen LogP contribution in [0.4, 0.5) is 0 Å². The summed E-state index contributed by atoms with van der Waals surface area (Å²) in [6, 6.07) is 10.5. The highest BCUT2D eigenvalue weighted by molar-refractivity contribution is 5.25. The second kappa shape index (κ2) is 7.80. The molecule has 112 valence electrons. The van der Waals surface area contributed by atoms with Gasteiger partial charge in [-0.05, 0) is 50.4 Å². The number of likely N-dealkylation sites (tertiary alicyclic amines) is 1. The number of aryl methyl sites for hydroxylation is 1. The maximum atomic E-state index is 3.50. The topological polar surface area (TPSA) is 15.3 Å². The first-order valence-corrected chi connectivity index (χ1v) is 8.28. The highest BCUT2D eigenvalue weighted by Gasteiger charge is 2.25. The monoisotopic (exact) mass is 274 g/mol. The first-order valence-electron chi connectivity index (χ1n) is 8.28. The lowest BCUT2D eigenvalue weighted by Gasteiger charge is -2.28. The first kappa shape index (κ1) is 15.5.